The highest BCUT2D eigenvalue weighted by Crippen LogP contribution is 2.29. The van der Waals surface area contributed by atoms with E-state index < -0.39 is 0 Å². The molecule has 3 heterocycles. The Bertz CT molecular complexity index is 1430. The molecule has 0 N–H and O–H groups in total. The van der Waals surface area contributed by atoms with Crippen molar-refractivity contribution in [2.45, 2.75) is 52.0 Å². The zero-order chi connectivity index (χ0) is 25.5. The van der Waals surface area contributed by atoms with Gasteiger partial charge < -0.3 is 0 Å². The Morgan fingerprint density at radius 1 is 1.00 bits per heavy atom. The number of aryl methyl sites for hydroxylation is 2. The Hall–Kier alpha value is -3.98. The maximum atomic E-state index is 13.0. The summed E-state index contributed by atoms with van der Waals surface area (Å²) in [7, 11) is 0. The van der Waals surface area contributed by atoms with Crippen LogP contribution in [0.1, 0.15) is 60.2 Å². The summed E-state index contributed by atoms with van der Waals surface area (Å²) in [6.07, 6.45) is 6.70. The third-order valence-corrected chi connectivity index (χ3v) is 7.06. The van der Waals surface area contributed by atoms with Crippen molar-refractivity contribution in [1.29, 1.82) is 0 Å². The van der Waals surface area contributed by atoms with Crippen molar-refractivity contribution < 1.29 is 4.79 Å². The number of aromatic nitrogens is 7. The number of hydrogen-bond acceptors (Lipinski definition) is 7. The highest BCUT2D eigenvalue weighted by molar-refractivity contribution is 7.07. The van der Waals surface area contributed by atoms with E-state index in [0.29, 0.717) is 25.2 Å². The number of carbonyl (C=O) groups is 1. The highest BCUT2D eigenvalue weighted by atomic mass is 32.1. The van der Waals surface area contributed by atoms with E-state index in [1.165, 1.54) is 5.56 Å². The van der Waals surface area contributed by atoms with Crippen LogP contribution < -0.4 is 0 Å². The smallest absolute Gasteiger partial charge is 0.217 e. The molecule has 0 saturated heterocycles. The summed E-state index contributed by atoms with van der Waals surface area (Å²) in [5, 5.41) is 20.8. The Balaban J connectivity index is 1.49. The number of unbranched alkanes of at least 4 members (excludes halogenated alkanes) is 2. The first-order valence-electron chi connectivity index (χ1n) is 12.6. The van der Waals surface area contributed by atoms with E-state index in [2.05, 4.69) is 58.2 Å². The number of ketones is 1. The van der Waals surface area contributed by atoms with Crippen LogP contribution >= 0.6 is 11.3 Å². The molecule has 0 amide bonds. The Morgan fingerprint density at radius 2 is 1.89 bits per heavy atom. The lowest BCUT2D eigenvalue weighted by Crippen LogP contribution is -2.12. The van der Waals surface area contributed by atoms with E-state index in [0.717, 1.165) is 53.9 Å². The van der Waals surface area contributed by atoms with Gasteiger partial charge in [-0.15, -0.1) is 10.2 Å². The molecule has 9 heteroatoms. The van der Waals surface area contributed by atoms with Gasteiger partial charge in [0.15, 0.2) is 0 Å². The predicted molar refractivity (Wildman–Crippen MR) is 144 cm³/mol. The van der Waals surface area contributed by atoms with Crippen molar-refractivity contribution >= 4 is 17.1 Å². The topological polar surface area (TPSA) is 91.4 Å². The number of rotatable bonds is 12. The molecule has 5 rings (SSSR count). The Kier molecular flexibility index (Phi) is 7.90. The minimum atomic E-state index is -0.0274. The number of para-hydroxylation sites is 1. The maximum absolute atomic E-state index is 13.0. The number of hydrogen-bond donors (Lipinski definition) is 0. The average molecular weight is 512 g/mol. The normalized spacial score (nSPS) is 11.2. The standard InChI is InChI=1S/C28H29N7OS/c1-2-3-5-13-26-30-28(25(36)15-14-21-16-17-37-19-21)31-34(26)18-23-11-8-12-24(22-9-6-4-7-10-22)27(23)35-20-29-32-33-35/h4,6-12,16-17,19-20H,2-3,5,13-15,18H2,1H3. The molecule has 8 nitrogen and oxygen atoms in total. The van der Waals surface area contributed by atoms with E-state index in [4.69, 9.17) is 10.1 Å². The fraction of sp³-hybridized carbons (Fsp3) is 0.286. The van der Waals surface area contributed by atoms with E-state index in [1.807, 2.05) is 34.3 Å². The molecule has 0 fully saturated rings. The van der Waals surface area contributed by atoms with Gasteiger partial charge in [0.05, 0.1) is 12.2 Å². The fourth-order valence-electron chi connectivity index (χ4n) is 4.41. The third kappa shape index (κ3) is 5.89. The molecule has 188 valence electrons. The van der Waals surface area contributed by atoms with E-state index in [1.54, 1.807) is 22.3 Å². The minimum Gasteiger partial charge on any atom is -0.291 e. The number of nitrogens with zero attached hydrogens (tertiary/aromatic N) is 7. The van der Waals surface area contributed by atoms with Crippen LogP contribution in [0, 0.1) is 0 Å². The zero-order valence-corrected chi connectivity index (χ0v) is 21.6. The number of Topliss-reactive ketones (excluding diaryl/α,β-unsaturated/α-hetero) is 1. The second-order valence-electron chi connectivity index (χ2n) is 8.95. The first kappa shape index (κ1) is 24.7. The van der Waals surface area contributed by atoms with Crippen molar-refractivity contribution in [3.05, 3.63) is 94.5 Å². The molecule has 0 bridgehead atoms. The molecule has 5 aromatic rings. The molecule has 2 aromatic carbocycles. The van der Waals surface area contributed by atoms with Gasteiger partial charge in [0.25, 0.3) is 0 Å². The van der Waals surface area contributed by atoms with Crippen LogP contribution in [-0.2, 0) is 19.4 Å². The van der Waals surface area contributed by atoms with Crippen molar-refractivity contribution in [3.63, 3.8) is 0 Å². The molecule has 0 spiro atoms. The van der Waals surface area contributed by atoms with Crippen LogP contribution in [0.2, 0.25) is 0 Å². The van der Waals surface area contributed by atoms with Gasteiger partial charge in [-0.1, -0.05) is 68.3 Å². The summed E-state index contributed by atoms with van der Waals surface area (Å²) >= 11 is 1.64. The second kappa shape index (κ2) is 11.8. The Labute approximate surface area is 220 Å². The number of benzene rings is 2. The van der Waals surface area contributed by atoms with Crippen molar-refractivity contribution in [3.8, 4) is 16.8 Å². The monoisotopic (exact) mass is 511 g/mol. The van der Waals surface area contributed by atoms with Gasteiger partial charge in [-0.25, -0.2) is 9.67 Å². The van der Waals surface area contributed by atoms with Crippen LogP contribution in [-0.4, -0.2) is 40.8 Å². The SMILES string of the molecule is CCCCCc1nc(C(=O)CCc2ccsc2)nn1Cc1cccc(-c2ccccc2)c1-n1cnnn1. The lowest BCUT2D eigenvalue weighted by Gasteiger charge is -2.15. The lowest BCUT2D eigenvalue weighted by atomic mass is 10.00. The van der Waals surface area contributed by atoms with Crippen LogP contribution in [0.15, 0.2) is 71.7 Å². The quantitative estimate of drug-likeness (QED) is 0.160. The fourth-order valence-corrected chi connectivity index (χ4v) is 5.11. The van der Waals surface area contributed by atoms with Gasteiger partial charge in [0.2, 0.25) is 11.6 Å². The molecule has 0 aliphatic rings. The van der Waals surface area contributed by atoms with Crippen LogP contribution in [0.5, 0.6) is 0 Å². The van der Waals surface area contributed by atoms with E-state index in [9.17, 15) is 4.79 Å². The average Bonchev–Trinajstić information content (AvgIpc) is 3.71. The number of carbonyl (C=O) groups excluding carboxylic acids is 1. The summed E-state index contributed by atoms with van der Waals surface area (Å²) in [4.78, 5) is 17.7. The molecule has 0 saturated carbocycles. The summed E-state index contributed by atoms with van der Waals surface area (Å²) in [5.41, 5.74) is 5.14. The molecule has 0 radical (unpaired) electrons. The molecule has 37 heavy (non-hydrogen) atoms. The van der Waals surface area contributed by atoms with Gasteiger partial charge >= 0.3 is 0 Å². The molecular formula is C28H29N7OS. The molecule has 3 aromatic heterocycles. The summed E-state index contributed by atoms with van der Waals surface area (Å²) in [5.74, 6) is 1.10. The van der Waals surface area contributed by atoms with Crippen molar-refractivity contribution in [2.24, 2.45) is 0 Å². The molecule has 0 aliphatic heterocycles. The summed E-state index contributed by atoms with van der Waals surface area (Å²) in [6.45, 7) is 2.64. The second-order valence-corrected chi connectivity index (χ2v) is 9.73. The zero-order valence-electron chi connectivity index (χ0n) is 20.8. The van der Waals surface area contributed by atoms with Gasteiger partial charge in [-0.05, 0) is 51.2 Å². The third-order valence-electron chi connectivity index (χ3n) is 6.33. The molecule has 0 unspecified atom stereocenters. The Morgan fingerprint density at radius 3 is 2.65 bits per heavy atom. The number of thiophene rings is 1. The lowest BCUT2D eigenvalue weighted by molar-refractivity contribution is 0.0972. The van der Waals surface area contributed by atoms with Gasteiger partial charge in [-0.3, -0.25) is 4.79 Å². The number of tetrazole rings is 1. The van der Waals surface area contributed by atoms with E-state index in [-0.39, 0.29) is 5.78 Å². The van der Waals surface area contributed by atoms with Gasteiger partial charge in [-0.2, -0.15) is 16.0 Å². The first-order chi connectivity index (χ1) is 18.2. The summed E-state index contributed by atoms with van der Waals surface area (Å²) < 4.78 is 3.57. The largest absolute Gasteiger partial charge is 0.291 e. The van der Waals surface area contributed by atoms with Crippen LogP contribution in [0.3, 0.4) is 0 Å². The van der Waals surface area contributed by atoms with Gasteiger partial charge in [0, 0.05) is 24.0 Å². The maximum Gasteiger partial charge on any atom is 0.217 e. The van der Waals surface area contributed by atoms with Crippen molar-refractivity contribution in [1.82, 2.24) is 35.0 Å². The predicted octanol–water partition coefficient (Wildman–Crippen LogP) is 5.58. The van der Waals surface area contributed by atoms with Crippen LogP contribution in [0.4, 0.5) is 0 Å². The first-order valence-corrected chi connectivity index (χ1v) is 13.6. The summed E-state index contributed by atoms with van der Waals surface area (Å²) in [6, 6.07) is 18.4. The van der Waals surface area contributed by atoms with Crippen LogP contribution in [0.25, 0.3) is 16.8 Å². The molecule has 0 atom stereocenters. The molecule has 0 aliphatic carbocycles. The molecular weight excluding hydrogens is 482 g/mol. The van der Waals surface area contributed by atoms with Gasteiger partial charge in [0.1, 0.15) is 12.2 Å². The minimum absolute atomic E-state index is 0.0274. The van der Waals surface area contributed by atoms with E-state index >= 15 is 0 Å². The van der Waals surface area contributed by atoms with Crippen molar-refractivity contribution in [2.75, 3.05) is 0 Å². The highest BCUT2D eigenvalue weighted by Gasteiger charge is 2.19.